The summed E-state index contributed by atoms with van der Waals surface area (Å²) in [6.45, 7) is 2.00. The summed E-state index contributed by atoms with van der Waals surface area (Å²) in [6, 6.07) is 24.6. The fourth-order valence-electron chi connectivity index (χ4n) is 3.81. The molecule has 2 aromatic heterocycles. The maximum atomic E-state index is 13.3. The van der Waals surface area contributed by atoms with Crippen molar-refractivity contribution in [3.63, 3.8) is 0 Å². The molecule has 0 radical (unpaired) electrons. The Morgan fingerprint density at radius 2 is 1.53 bits per heavy atom. The van der Waals surface area contributed by atoms with Crippen LogP contribution < -0.4 is 10.0 Å². The number of benzene rings is 3. The van der Waals surface area contributed by atoms with E-state index in [1.54, 1.807) is 12.1 Å². The van der Waals surface area contributed by atoms with Gasteiger partial charge >= 0.3 is 0 Å². The molecule has 0 aliphatic rings. The molecule has 0 aliphatic carbocycles. The van der Waals surface area contributed by atoms with Gasteiger partial charge in [-0.1, -0.05) is 42.5 Å². The van der Waals surface area contributed by atoms with Gasteiger partial charge in [0.1, 0.15) is 0 Å². The first-order valence-corrected chi connectivity index (χ1v) is 12.6. The zero-order chi connectivity index (χ0) is 25.1. The Labute approximate surface area is 208 Å². The normalized spacial score (nSPS) is 11.2. The molecule has 8 nitrogen and oxygen atoms in total. The summed E-state index contributed by atoms with van der Waals surface area (Å²) in [5.41, 5.74) is 4.33. The molecule has 0 spiro atoms. The minimum atomic E-state index is -3.88. The van der Waals surface area contributed by atoms with E-state index in [1.165, 1.54) is 36.7 Å². The molecular formula is C27H21N5O3S. The van der Waals surface area contributed by atoms with Crippen LogP contribution in [0, 0.1) is 6.92 Å². The Kier molecular flexibility index (Phi) is 6.14. The van der Waals surface area contributed by atoms with Gasteiger partial charge in [0.25, 0.3) is 15.9 Å². The lowest BCUT2D eigenvalue weighted by Crippen LogP contribution is -2.15. The second-order valence-corrected chi connectivity index (χ2v) is 9.73. The van der Waals surface area contributed by atoms with Crippen LogP contribution in [-0.2, 0) is 10.0 Å². The molecule has 0 bridgehead atoms. The number of aromatic nitrogens is 3. The summed E-state index contributed by atoms with van der Waals surface area (Å²) in [5, 5.41) is 3.59. The van der Waals surface area contributed by atoms with Gasteiger partial charge in [-0.3, -0.25) is 4.79 Å². The predicted molar refractivity (Wildman–Crippen MR) is 139 cm³/mol. The first kappa shape index (κ1) is 23.1. The second-order valence-electron chi connectivity index (χ2n) is 8.04. The van der Waals surface area contributed by atoms with E-state index in [4.69, 9.17) is 4.98 Å². The molecule has 0 saturated heterocycles. The quantitative estimate of drug-likeness (QED) is 0.341. The van der Waals surface area contributed by atoms with Crippen molar-refractivity contribution >= 4 is 38.5 Å². The van der Waals surface area contributed by atoms with E-state index >= 15 is 0 Å². The van der Waals surface area contributed by atoms with E-state index in [-0.39, 0.29) is 16.8 Å². The lowest BCUT2D eigenvalue weighted by molar-refractivity contribution is 0.102. The average Bonchev–Trinajstić information content (AvgIpc) is 2.89. The highest BCUT2D eigenvalue weighted by Gasteiger charge is 2.17. The van der Waals surface area contributed by atoms with Gasteiger partial charge in [-0.05, 0) is 55.0 Å². The number of aryl methyl sites for hydroxylation is 1. The summed E-state index contributed by atoms with van der Waals surface area (Å²) in [7, 11) is -3.88. The number of nitrogens with one attached hydrogen (secondary N) is 2. The minimum Gasteiger partial charge on any atom is -0.322 e. The first-order chi connectivity index (χ1) is 17.4. The number of sulfonamides is 1. The standard InChI is InChI=1S/C27H21N5O3S/c1-18-7-2-3-8-21(18)25-17-23(22-9-4-5-10-24(22)31-25)26(33)30-19-11-13-20(14-12-19)36(34,35)32-27-28-15-6-16-29-27/h2-17H,1H3,(H,30,33)(H,28,29,32). The number of nitrogens with zero attached hydrogens (tertiary/aromatic N) is 3. The third kappa shape index (κ3) is 4.77. The lowest BCUT2D eigenvalue weighted by Gasteiger charge is -2.12. The van der Waals surface area contributed by atoms with Gasteiger partial charge in [-0.15, -0.1) is 0 Å². The third-order valence-corrected chi connectivity index (χ3v) is 6.94. The maximum absolute atomic E-state index is 13.3. The molecule has 36 heavy (non-hydrogen) atoms. The number of amides is 1. The number of pyridine rings is 1. The van der Waals surface area contributed by atoms with E-state index < -0.39 is 10.0 Å². The molecule has 2 heterocycles. The number of carbonyl (C=O) groups excluding carboxylic acids is 1. The van der Waals surface area contributed by atoms with Crippen molar-refractivity contribution in [1.29, 1.82) is 0 Å². The molecule has 0 atom stereocenters. The number of fused-ring (bicyclic) bond motifs is 1. The largest absolute Gasteiger partial charge is 0.322 e. The van der Waals surface area contributed by atoms with Gasteiger partial charge in [0.05, 0.1) is 21.7 Å². The SMILES string of the molecule is Cc1ccccc1-c1cc(C(=O)Nc2ccc(S(=O)(=O)Nc3ncccn3)cc2)c2ccccc2n1. The van der Waals surface area contributed by atoms with Crippen LogP contribution in [0.15, 0.2) is 102 Å². The maximum Gasteiger partial charge on any atom is 0.264 e. The summed E-state index contributed by atoms with van der Waals surface area (Å²) in [6.07, 6.45) is 2.88. The van der Waals surface area contributed by atoms with Crippen molar-refractivity contribution < 1.29 is 13.2 Å². The van der Waals surface area contributed by atoms with Crippen molar-refractivity contribution in [1.82, 2.24) is 15.0 Å². The zero-order valence-corrected chi connectivity index (χ0v) is 20.0. The van der Waals surface area contributed by atoms with Gasteiger partial charge in [0.15, 0.2) is 0 Å². The summed E-state index contributed by atoms with van der Waals surface area (Å²) < 4.78 is 27.6. The van der Waals surface area contributed by atoms with E-state index in [2.05, 4.69) is 20.0 Å². The van der Waals surface area contributed by atoms with Crippen molar-refractivity contribution in [2.75, 3.05) is 10.0 Å². The Morgan fingerprint density at radius 1 is 0.833 bits per heavy atom. The Morgan fingerprint density at radius 3 is 2.28 bits per heavy atom. The van der Waals surface area contributed by atoms with Crippen LogP contribution in [0.3, 0.4) is 0 Å². The van der Waals surface area contributed by atoms with Crippen LogP contribution in [0.1, 0.15) is 15.9 Å². The van der Waals surface area contributed by atoms with Gasteiger partial charge in [0, 0.05) is 29.0 Å². The van der Waals surface area contributed by atoms with Gasteiger partial charge in [-0.2, -0.15) is 0 Å². The van der Waals surface area contributed by atoms with Crippen molar-refractivity contribution in [3.8, 4) is 11.3 Å². The highest BCUT2D eigenvalue weighted by molar-refractivity contribution is 7.92. The highest BCUT2D eigenvalue weighted by Crippen LogP contribution is 2.28. The summed E-state index contributed by atoms with van der Waals surface area (Å²) in [5.74, 6) is -0.348. The van der Waals surface area contributed by atoms with Crippen LogP contribution in [0.2, 0.25) is 0 Å². The van der Waals surface area contributed by atoms with Crippen molar-refractivity contribution in [2.45, 2.75) is 11.8 Å². The topological polar surface area (TPSA) is 114 Å². The average molecular weight is 496 g/mol. The van der Waals surface area contributed by atoms with Crippen LogP contribution in [0.4, 0.5) is 11.6 Å². The number of hydrogen-bond donors (Lipinski definition) is 2. The molecule has 5 aromatic rings. The molecular weight excluding hydrogens is 474 g/mol. The van der Waals surface area contributed by atoms with E-state index in [9.17, 15) is 13.2 Å². The van der Waals surface area contributed by atoms with Gasteiger partial charge in [0.2, 0.25) is 5.95 Å². The molecule has 0 aliphatic heterocycles. The minimum absolute atomic E-state index is 0.0177. The first-order valence-electron chi connectivity index (χ1n) is 11.1. The number of carbonyl (C=O) groups is 1. The number of para-hydroxylation sites is 1. The van der Waals surface area contributed by atoms with E-state index in [0.29, 0.717) is 22.5 Å². The second kappa shape index (κ2) is 9.55. The lowest BCUT2D eigenvalue weighted by atomic mass is 10.0. The Hall–Kier alpha value is -4.63. The zero-order valence-electron chi connectivity index (χ0n) is 19.2. The highest BCUT2D eigenvalue weighted by atomic mass is 32.2. The van der Waals surface area contributed by atoms with Gasteiger partial charge < -0.3 is 5.32 Å². The molecule has 2 N–H and O–H groups in total. The summed E-state index contributed by atoms with van der Waals surface area (Å²) in [4.78, 5) is 25.9. The fourth-order valence-corrected chi connectivity index (χ4v) is 4.77. The predicted octanol–water partition coefficient (Wildman–Crippen LogP) is 5.05. The number of anilines is 2. The molecule has 5 rings (SSSR count). The molecule has 178 valence electrons. The molecule has 3 aromatic carbocycles. The Balaban J connectivity index is 1.43. The molecule has 0 unspecified atom stereocenters. The van der Waals surface area contributed by atoms with Gasteiger partial charge in [-0.25, -0.2) is 28.1 Å². The van der Waals surface area contributed by atoms with E-state index in [1.807, 2.05) is 55.5 Å². The summed E-state index contributed by atoms with van der Waals surface area (Å²) >= 11 is 0. The smallest absolute Gasteiger partial charge is 0.264 e. The molecule has 0 fully saturated rings. The van der Waals surface area contributed by atoms with E-state index in [0.717, 1.165) is 16.5 Å². The van der Waals surface area contributed by atoms with Crippen LogP contribution in [-0.4, -0.2) is 29.3 Å². The third-order valence-electron chi connectivity index (χ3n) is 5.60. The Bertz CT molecular complexity index is 1670. The van der Waals surface area contributed by atoms with Crippen LogP contribution >= 0.6 is 0 Å². The monoisotopic (exact) mass is 495 g/mol. The molecule has 9 heteroatoms. The van der Waals surface area contributed by atoms with Crippen LogP contribution in [0.5, 0.6) is 0 Å². The number of hydrogen-bond acceptors (Lipinski definition) is 6. The molecule has 0 saturated carbocycles. The van der Waals surface area contributed by atoms with Crippen molar-refractivity contribution in [2.24, 2.45) is 0 Å². The fraction of sp³-hybridized carbons (Fsp3) is 0.0370. The van der Waals surface area contributed by atoms with Crippen molar-refractivity contribution in [3.05, 3.63) is 108 Å². The van der Waals surface area contributed by atoms with Crippen LogP contribution in [0.25, 0.3) is 22.2 Å². The number of rotatable bonds is 6. The molecule has 1 amide bonds.